The lowest BCUT2D eigenvalue weighted by atomic mass is 10.0. The molecule has 1 nitrogen and oxygen atoms in total. The highest BCUT2D eigenvalue weighted by atomic mass is 79.9. The van der Waals surface area contributed by atoms with Crippen molar-refractivity contribution < 1.29 is 4.57 Å². The molecule has 0 N–H and O–H groups in total. The molecule has 92 valence electrons. The Kier molecular flexibility index (Phi) is 3.99. The van der Waals surface area contributed by atoms with Crippen molar-refractivity contribution in [3.63, 3.8) is 0 Å². The van der Waals surface area contributed by atoms with Crippen molar-refractivity contribution in [2.45, 2.75) is 17.9 Å². The molecule has 1 atom stereocenters. The summed E-state index contributed by atoms with van der Waals surface area (Å²) in [5.74, 6) is 0. The van der Waals surface area contributed by atoms with E-state index in [-0.39, 0.29) is 0 Å². The van der Waals surface area contributed by atoms with Crippen molar-refractivity contribution in [2.24, 2.45) is 0 Å². The van der Waals surface area contributed by atoms with Gasteiger partial charge in [0.05, 0.1) is 0 Å². The predicted molar refractivity (Wildman–Crippen MR) is 81.1 cm³/mol. The van der Waals surface area contributed by atoms with E-state index in [1.54, 1.807) is 0 Å². The number of hydrogen-bond acceptors (Lipinski definition) is 1. The third-order valence-corrected chi connectivity index (χ3v) is 5.30. The average Bonchev–Trinajstić information content (AvgIpc) is 2.39. The Bertz CT molecular complexity index is 500. The number of hydrogen-bond donors (Lipinski definition) is 0. The fourth-order valence-corrected chi connectivity index (χ4v) is 2.95. The van der Waals surface area contributed by atoms with Crippen LogP contribution in [0.4, 0.5) is 0 Å². The molecule has 0 radical (unpaired) electrons. The molecular weight excluding hydrogens is 307 g/mol. The van der Waals surface area contributed by atoms with Crippen LogP contribution in [0.2, 0.25) is 0 Å². The van der Waals surface area contributed by atoms with Crippen molar-refractivity contribution in [1.82, 2.24) is 0 Å². The first-order chi connectivity index (χ1) is 8.56. The highest BCUT2D eigenvalue weighted by molar-refractivity contribution is 9.10. The van der Waals surface area contributed by atoms with Crippen molar-refractivity contribution in [2.75, 3.05) is 0 Å². The highest BCUT2D eigenvalue weighted by Crippen LogP contribution is 2.47. The fourth-order valence-electron chi connectivity index (χ4n) is 1.85. The highest BCUT2D eigenvalue weighted by Gasteiger charge is 2.39. The third kappa shape index (κ3) is 2.55. The van der Waals surface area contributed by atoms with Crippen LogP contribution in [-0.2, 0) is 8.63 Å². The number of alkyl halides is 1. The summed E-state index contributed by atoms with van der Waals surface area (Å²) in [7, 11) is -0.483. The maximum Gasteiger partial charge on any atom is 0.352 e. The third-order valence-electron chi connectivity index (χ3n) is 3.04. The molecule has 0 amide bonds. The topological polar surface area (TPSA) is 17.1 Å². The predicted octanol–water partition coefficient (Wildman–Crippen LogP) is 4.92. The lowest BCUT2D eigenvalue weighted by molar-refractivity contribution is 0.593. The van der Waals surface area contributed by atoms with E-state index in [0.29, 0.717) is 0 Å². The second-order valence-electron chi connectivity index (χ2n) is 4.49. The molecule has 2 aromatic carbocycles. The lowest BCUT2D eigenvalue weighted by Gasteiger charge is -2.15. The minimum Gasteiger partial charge on any atom is -0.0750 e. The SMILES string of the molecule is Cc1ccc(C(Br)([PH+]=O)c2ccc(C)cc2)cc1. The Labute approximate surface area is 118 Å². The van der Waals surface area contributed by atoms with E-state index in [1.165, 1.54) is 11.1 Å². The molecular formula is C15H15BrOP+. The van der Waals surface area contributed by atoms with Crippen LogP contribution in [0.3, 0.4) is 0 Å². The van der Waals surface area contributed by atoms with Gasteiger partial charge < -0.3 is 0 Å². The van der Waals surface area contributed by atoms with Crippen LogP contribution in [0.25, 0.3) is 0 Å². The molecule has 2 rings (SSSR count). The van der Waals surface area contributed by atoms with E-state index in [0.717, 1.165) is 11.1 Å². The summed E-state index contributed by atoms with van der Waals surface area (Å²) in [4.78, 5) is 0. The Balaban J connectivity index is 2.50. The van der Waals surface area contributed by atoms with Crippen molar-refractivity contribution in [3.8, 4) is 0 Å². The zero-order valence-corrected chi connectivity index (χ0v) is 13.0. The second kappa shape index (κ2) is 5.34. The molecule has 0 bridgehead atoms. The molecule has 0 aromatic heterocycles. The molecule has 0 aliphatic carbocycles. The number of aryl methyl sites for hydroxylation is 2. The van der Waals surface area contributed by atoms with Gasteiger partial charge in [-0.15, -0.1) is 0 Å². The van der Waals surface area contributed by atoms with Gasteiger partial charge >= 0.3 is 8.46 Å². The molecule has 0 aliphatic heterocycles. The molecule has 0 heterocycles. The van der Waals surface area contributed by atoms with Crippen LogP contribution in [0, 0.1) is 13.8 Å². The Morgan fingerprint density at radius 2 is 1.17 bits per heavy atom. The van der Waals surface area contributed by atoms with E-state index >= 15 is 0 Å². The first-order valence-electron chi connectivity index (χ1n) is 5.79. The van der Waals surface area contributed by atoms with Crippen LogP contribution in [0.15, 0.2) is 48.5 Å². The van der Waals surface area contributed by atoms with E-state index in [2.05, 4.69) is 15.9 Å². The Hall–Kier alpha value is -0.980. The van der Waals surface area contributed by atoms with Crippen molar-refractivity contribution in [1.29, 1.82) is 0 Å². The number of rotatable bonds is 3. The van der Waals surface area contributed by atoms with Crippen LogP contribution in [-0.4, -0.2) is 0 Å². The van der Waals surface area contributed by atoms with E-state index in [4.69, 9.17) is 0 Å². The summed E-state index contributed by atoms with van der Waals surface area (Å²) in [5.41, 5.74) is 4.44. The largest absolute Gasteiger partial charge is 0.352 e. The van der Waals surface area contributed by atoms with Gasteiger partial charge in [0.25, 0.3) is 4.07 Å². The summed E-state index contributed by atoms with van der Waals surface area (Å²) in [6, 6.07) is 16.3. The monoisotopic (exact) mass is 321 g/mol. The maximum atomic E-state index is 11.7. The molecule has 0 saturated carbocycles. The van der Waals surface area contributed by atoms with E-state index < -0.39 is 12.5 Å². The summed E-state index contributed by atoms with van der Waals surface area (Å²) in [5, 5.41) is 0. The quantitative estimate of drug-likeness (QED) is 0.579. The van der Waals surface area contributed by atoms with Gasteiger partial charge in [-0.05, 0) is 29.8 Å². The van der Waals surface area contributed by atoms with Gasteiger partial charge in [0.1, 0.15) is 0 Å². The van der Waals surface area contributed by atoms with Crippen LogP contribution < -0.4 is 0 Å². The molecule has 0 spiro atoms. The van der Waals surface area contributed by atoms with Gasteiger partial charge in [-0.1, -0.05) is 64.2 Å². The zero-order chi connectivity index (χ0) is 13.2. The van der Waals surface area contributed by atoms with Gasteiger partial charge in [0, 0.05) is 11.1 Å². The average molecular weight is 322 g/mol. The summed E-state index contributed by atoms with van der Waals surface area (Å²) >= 11 is 3.65. The molecule has 2 aromatic rings. The first-order valence-corrected chi connectivity index (χ1v) is 7.49. The Morgan fingerprint density at radius 3 is 1.44 bits per heavy atom. The van der Waals surface area contributed by atoms with Gasteiger partial charge in [-0.25, -0.2) is 0 Å². The minimum atomic E-state index is -0.603. The summed E-state index contributed by atoms with van der Waals surface area (Å²) in [6.07, 6.45) is 0. The van der Waals surface area contributed by atoms with Gasteiger partial charge in [-0.3, -0.25) is 0 Å². The number of halogens is 1. The zero-order valence-electron chi connectivity index (χ0n) is 10.4. The van der Waals surface area contributed by atoms with Gasteiger partial charge in [-0.2, -0.15) is 0 Å². The first kappa shape index (κ1) is 13.5. The molecule has 3 heteroatoms. The second-order valence-corrected chi connectivity index (χ2v) is 7.37. The molecule has 18 heavy (non-hydrogen) atoms. The molecule has 0 saturated heterocycles. The smallest absolute Gasteiger partial charge is 0.0750 e. The maximum absolute atomic E-state index is 11.7. The molecule has 0 aliphatic rings. The standard InChI is InChI=1S/C15H14BrOP/c1-11-3-7-13(8-4-11)15(16,18-17)14-9-5-12(2)6-10-14/h3-10H,1-2H3/p+1. The fraction of sp³-hybridized carbons (Fsp3) is 0.200. The summed E-state index contributed by atoms with van der Waals surface area (Å²) < 4.78 is 11.1. The molecule has 0 fully saturated rings. The van der Waals surface area contributed by atoms with Crippen LogP contribution in [0.1, 0.15) is 22.3 Å². The number of benzene rings is 2. The molecule has 1 unspecified atom stereocenters. The minimum absolute atomic E-state index is 0.483. The van der Waals surface area contributed by atoms with Crippen molar-refractivity contribution in [3.05, 3.63) is 70.8 Å². The van der Waals surface area contributed by atoms with E-state index in [1.807, 2.05) is 62.4 Å². The lowest BCUT2D eigenvalue weighted by Crippen LogP contribution is -2.11. The van der Waals surface area contributed by atoms with Crippen LogP contribution in [0.5, 0.6) is 0 Å². The van der Waals surface area contributed by atoms with Crippen molar-refractivity contribution >= 4 is 24.4 Å². The van der Waals surface area contributed by atoms with Crippen LogP contribution >= 0.6 is 24.4 Å². The normalized spacial score (nSPS) is 11.7. The Morgan fingerprint density at radius 1 is 0.833 bits per heavy atom. The van der Waals surface area contributed by atoms with Gasteiger partial charge in [0.2, 0.25) is 0 Å². The van der Waals surface area contributed by atoms with Gasteiger partial charge in [0.15, 0.2) is 0 Å². The summed E-state index contributed by atoms with van der Waals surface area (Å²) in [6.45, 7) is 4.09. The van der Waals surface area contributed by atoms with E-state index in [9.17, 15) is 4.57 Å².